The number of amides is 1. The number of carbonyl (C=O) groups is 1. The van der Waals surface area contributed by atoms with Gasteiger partial charge in [-0.05, 0) is 31.0 Å². The Balaban J connectivity index is 1.86. The average Bonchev–Trinajstić information content (AvgIpc) is 2.84. The van der Waals surface area contributed by atoms with Crippen molar-refractivity contribution in [1.82, 2.24) is 4.90 Å². The number of benzene rings is 2. The molecule has 2 atom stereocenters. The first-order valence-corrected chi connectivity index (χ1v) is 8.08. The van der Waals surface area contributed by atoms with Gasteiger partial charge in [-0.15, -0.1) is 0 Å². The van der Waals surface area contributed by atoms with E-state index in [4.69, 9.17) is 4.74 Å². The zero-order chi connectivity index (χ0) is 16.6. The van der Waals surface area contributed by atoms with Crippen molar-refractivity contribution < 1.29 is 9.53 Å². The first-order valence-electron chi connectivity index (χ1n) is 8.08. The fourth-order valence-electron chi connectivity index (χ4n) is 3.07. The normalized spacial score (nSPS) is 19.1. The maximum atomic E-state index is 12.9. The Morgan fingerprint density at radius 3 is 2.61 bits per heavy atom. The predicted octanol–water partition coefficient (Wildman–Crippen LogP) is 4.15. The molecule has 3 nitrogen and oxygen atoms in total. The Labute approximate surface area is 137 Å². The van der Waals surface area contributed by atoms with Crippen molar-refractivity contribution in [2.45, 2.75) is 39.3 Å². The Bertz CT molecular complexity index is 738. The number of nitrogens with zero attached hydrogens (tertiary/aromatic N) is 1. The summed E-state index contributed by atoms with van der Waals surface area (Å²) in [5.41, 5.74) is 4.16. The number of hydrogen-bond acceptors (Lipinski definition) is 2. The van der Waals surface area contributed by atoms with E-state index in [0.717, 1.165) is 11.3 Å². The second kappa shape index (κ2) is 6.07. The van der Waals surface area contributed by atoms with Gasteiger partial charge in [-0.3, -0.25) is 4.79 Å². The smallest absolute Gasteiger partial charge is 0.257 e. The summed E-state index contributed by atoms with van der Waals surface area (Å²) in [6, 6.07) is 14.0. The highest BCUT2D eigenvalue weighted by atomic mass is 16.5. The first kappa shape index (κ1) is 15.6. The molecule has 0 saturated heterocycles. The Morgan fingerprint density at radius 2 is 1.87 bits per heavy atom. The third kappa shape index (κ3) is 2.83. The fourth-order valence-corrected chi connectivity index (χ4v) is 3.07. The van der Waals surface area contributed by atoms with Gasteiger partial charge in [0.15, 0.2) is 0 Å². The molecule has 0 aromatic heterocycles. The van der Waals surface area contributed by atoms with E-state index in [-0.39, 0.29) is 12.0 Å². The zero-order valence-electron chi connectivity index (χ0n) is 14.2. The number of ether oxygens (including phenoxy) is 1. The molecule has 0 spiro atoms. The Kier molecular flexibility index (Phi) is 4.12. The second-order valence-corrected chi connectivity index (χ2v) is 6.42. The fraction of sp³-hybridized carbons (Fsp3) is 0.350. The summed E-state index contributed by atoms with van der Waals surface area (Å²) >= 11 is 0. The molecule has 0 aliphatic carbocycles. The van der Waals surface area contributed by atoms with E-state index in [1.807, 2.05) is 31.3 Å². The zero-order valence-corrected chi connectivity index (χ0v) is 14.2. The predicted molar refractivity (Wildman–Crippen MR) is 91.9 cm³/mol. The van der Waals surface area contributed by atoms with Gasteiger partial charge in [0.25, 0.3) is 5.91 Å². The molecular formula is C20H23NO2. The van der Waals surface area contributed by atoms with E-state index in [1.165, 1.54) is 11.1 Å². The summed E-state index contributed by atoms with van der Waals surface area (Å²) in [4.78, 5) is 14.6. The summed E-state index contributed by atoms with van der Waals surface area (Å²) in [6.45, 7) is 6.86. The number of para-hydroxylation sites is 1. The van der Waals surface area contributed by atoms with Crippen LogP contribution in [-0.2, 0) is 6.54 Å². The third-order valence-electron chi connectivity index (χ3n) is 4.79. The molecule has 0 bridgehead atoms. The number of rotatable bonds is 3. The van der Waals surface area contributed by atoms with Gasteiger partial charge in [0.1, 0.15) is 11.9 Å². The molecule has 23 heavy (non-hydrogen) atoms. The van der Waals surface area contributed by atoms with Gasteiger partial charge in [0, 0.05) is 25.1 Å². The first-order chi connectivity index (χ1) is 11.0. The van der Waals surface area contributed by atoms with E-state index < -0.39 is 0 Å². The molecule has 1 heterocycles. The number of fused-ring (bicyclic) bond motifs is 1. The molecule has 0 N–H and O–H groups in total. The topological polar surface area (TPSA) is 29.5 Å². The van der Waals surface area contributed by atoms with E-state index in [1.54, 1.807) is 4.90 Å². The van der Waals surface area contributed by atoms with Crippen molar-refractivity contribution in [1.29, 1.82) is 0 Å². The highest BCUT2D eigenvalue weighted by molar-refractivity contribution is 5.97. The largest absolute Gasteiger partial charge is 0.489 e. The number of hydrogen-bond donors (Lipinski definition) is 0. The van der Waals surface area contributed by atoms with Gasteiger partial charge < -0.3 is 9.64 Å². The number of aryl methyl sites for hydroxylation is 1. The van der Waals surface area contributed by atoms with Crippen LogP contribution in [0.2, 0.25) is 0 Å². The molecule has 0 radical (unpaired) electrons. The van der Waals surface area contributed by atoms with Crippen LogP contribution in [0.3, 0.4) is 0 Å². The van der Waals surface area contributed by atoms with Gasteiger partial charge in [-0.2, -0.15) is 0 Å². The molecule has 1 aliphatic heterocycles. The van der Waals surface area contributed by atoms with Crippen LogP contribution in [0, 0.1) is 6.92 Å². The van der Waals surface area contributed by atoms with E-state index in [0.29, 0.717) is 18.0 Å². The summed E-state index contributed by atoms with van der Waals surface area (Å²) in [5, 5.41) is 0. The van der Waals surface area contributed by atoms with Crippen molar-refractivity contribution >= 4 is 5.91 Å². The number of carbonyl (C=O) groups excluding carboxylic acids is 1. The van der Waals surface area contributed by atoms with Crippen molar-refractivity contribution in [3.8, 4) is 5.75 Å². The minimum absolute atomic E-state index is 0.00593. The van der Waals surface area contributed by atoms with Crippen LogP contribution in [-0.4, -0.2) is 24.0 Å². The van der Waals surface area contributed by atoms with Gasteiger partial charge in [0.05, 0.1) is 5.56 Å². The molecule has 1 aliphatic rings. The minimum atomic E-state index is 0.00593. The standard InChI is InChI=1S/C20H23NO2/c1-13-8-5-6-9-16(13)12-21(4)20(22)18-11-7-10-17-14(2)15(3)23-19(17)18/h5-11,14-15H,12H2,1-4H3. The summed E-state index contributed by atoms with van der Waals surface area (Å²) in [6.07, 6.45) is 0.112. The van der Waals surface area contributed by atoms with E-state index >= 15 is 0 Å². The van der Waals surface area contributed by atoms with Crippen LogP contribution < -0.4 is 4.74 Å². The monoisotopic (exact) mass is 309 g/mol. The van der Waals surface area contributed by atoms with Gasteiger partial charge in [0.2, 0.25) is 0 Å². The van der Waals surface area contributed by atoms with Gasteiger partial charge >= 0.3 is 0 Å². The molecule has 3 heteroatoms. The molecule has 2 unspecified atom stereocenters. The molecule has 3 rings (SSSR count). The molecule has 2 aromatic rings. The van der Waals surface area contributed by atoms with Crippen LogP contribution >= 0.6 is 0 Å². The summed E-state index contributed by atoms with van der Waals surface area (Å²) < 4.78 is 5.95. The molecule has 0 saturated carbocycles. The van der Waals surface area contributed by atoms with Crippen molar-refractivity contribution in [2.24, 2.45) is 0 Å². The lowest BCUT2D eigenvalue weighted by atomic mass is 9.96. The maximum Gasteiger partial charge on any atom is 0.257 e. The van der Waals surface area contributed by atoms with Crippen LogP contribution in [0.15, 0.2) is 42.5 Å². The van der Waals surface area contributed by atoms with Crippen molar-refractivity contribution in [3.05, 3.63) is 64.7 Å². The Hall–Kier alpha value is -2.29. The molecular weight excluding hydrogens is 286 g/mol. The highest BCUT2D eigenvalue weighted by Gasteiger charge is 2.31. The van der Waals surface area contributed by atoms with Gasteiger partial charge in [-0.1, -0.05) is 43.3 Å². The highest BCUT2D eigenvalue weighted by Crippen LogP contribution is 2.40. The molecule has 2 aromatic carbocycles. The summed E-state index contributed by atoms with van der Waals surface area (Å²) in [5.74, 6) is 1.08. The van der Waals surface area contributed by atoms with E-state index in [9.17, 15) is 4.79 Å². The lowest BCUT2D eigenvalue weighted by Gasteiger charge is -2.20. The van der Waals surface area contributed by atoms with Crippen molar-refractivity contribution in [3.63, 3.8) is 0 Å². The minimum Gasteiger partial charge on any atom is -0.489 e. The van der Waals surface area contributed by atoms with E-state index in [2.05, 4.69) is 39.0 Å². The van der Waals surface area contributed by atoms with Crippen LogP contribution in [0.25, 0.3) is 0 Å². The lowest BCUT2D eigenvalue weighted by Crippen LogP contribution is -2.27. The maximum absolute atomic E-state index is 12.9. The lowest BCUT2D eigenvalue weighted by molar-refractivity contribution is 0.0779. The third-order valence-corrected chi connectivity index (χ3v) is 4.79. The van der Waals surface area contributed by atoms with Crippen LogP contribution in [0.5, 0.6) is 5.75 Å². The Morgan fingerprint density at radius 1 is 1.13 bits per heavy atom. The SMILES string of the molecule is Cc1ccccc1CN(C)C(=O)c1cccc2c1OC(C)C2C. The summed E-state index contributed by atoms with van der Waals surface area (Å²) in [7, 11) is 1.84. The van der Waals surface area contributed by atoms with Crippen LogP contribution in [0.4, 0.5) is 0 Å². The quantitative estimate of drug-likeness (QED) is 0.852. The molecule has 1 amide bonds. The van der Waals surface area contributed by atoms with Crippen LogP contribution in [0.1, 0.15) is 46.8 Å². The molecule has 120 valence electrons. The molecule has 0 fully saturated rings. The van der Waals surface area contributed by atoms with Gasteiger partial charge in [-0.25, -0.2) is 0 Å². The average molecular weight is 309 g/mol. The van der Waals surface area contributed by atoms with Crippen molar-refractivity contribution in [2.75, 3.05) is 7.05 Å². The second-order valence-electron chi connectivity index (χ2n) is 6.42.